The van der Waals surface area contributed by atoms with Gasteiger partial charge in [0.15, 0.2) is 0 Å². The Bertz CT molecular complexity index is 529. The highest BCUT2D eigenvalue weighted by atomic mass is 16.5. The Balaban J connectivity index is 2.06. The second kappa shape index (κ2) is 7.22. The molecular weight excluding hydrogens is 278 g/mol. The second-order valence-electron chi connectivity index (χ2n) is 6.40. The van der Waals surface area contributed by atoms with E-state index in [4.69, 9.17) is 10.5 Å². The van der Waals surface area contributed by atoms with Gasteiger partial charge in [0.25, 0.3) is 0 Å². The van der Waals surface area contributed by atoms with Gasteiger partial charge in [-0.15, -0.1) is 0 Å². The minimum atomic E-state index is -0.928. The summed E-state index contributed by atoms with van der Waals surface area (Å²) in [6.07, 6.45) is 2.56. The largest absolute Gasteiger partial charge is 0.385 e. The van der Waals surface area contributed by atoms with Gasteiger partial charge in [-0.3, -0.25) is 4.79 Å². The molecule has 1 aliphatic rings. The number of fused-ring (bicyclic) bond motifs is 1. The molecule has 1 atom stereocenters. The molecule has 3 N–H and O–H groups in total. The summed E-state index contributed by atoms with van der Waals surface area (Å²) in [6.45, 7) is 4.33. The van der Waals surface area contributed by atoms with Crippen molar-refractivity contribution in [3.8, 4) is 0 Å². The molecule has 1 amide bonds. The molecule has 22 heavy (non-hydrogen) atoms. The number of hydrogen-bond donors (Lipinski definition) is 2. The molecule has 5 heteroatoms. The number of carbonyl (C=O) groups is 1. The van der Waals surface area contributed by atoms with Crippen LogP contribution in [-0.2, 0) is 22.4 Å². The zero-order valence-corrected chi connectivity index (χ0v) is 13.8. The number of amides is 1. The summed E-state index contributed by atoms with van der Waals surface area (Å²) in [6, 6.07) is 6.17. The summed E-state index contributed by atoms with van der Waals surface area (Å²) in [5.41, 5.74) is 8.66. The first kappa shape index (κ1) is 16.9. The molecule has 0 aromatic heterocycles. The summed E-state index contributed by atoms with van der Waals surface area (Å²) >= 11 is 0. The Labute approximate surface area is 132 Å². The maximum atomic E-state index is 12.3. The minimum absolute atomic E-state index is 0.171. The third-order valence-corrected chi connectivity index (χ3v) is 4.33. The number of methoxy groups -OCH3 is 1. The molecule has 0 fully saturated rings. The molecular formula is C17H27N3O2. The number of hydrogen-bond acceptors (Lipinski definition) is 4. The third kappa shape index (κ3) is 4.29. The molecule has 1 unspecified atom stereocenters. The number of nitrogens with two attached hydrogens (primary N) is 1. The first-order valence-corrected chi connectivity index (χ1v) is 7.82. The molecule has 0 bridgehead atoms. The van der Waals surface area contributed by atoms with Gasteiger partial charge in [-0.2, -0.15) is 0 Å². The predicted octanol–water partition coefficient (Wildman–Crippen LogP) is 1.41. The zero-order valence-electron chi connectivity index (χ0n) is 13.8. The molecule has 1 aromatic carbocycles. The summed E-state index contributed by atoms with van der Waals surface area (Å²) in [5.74, 6) is -0.171. The van der Waals surface area contributed by atoms with Crippen LogP contribution in [0.1, 0.15) is 24.5 Å². The van der Waals surface area contributed by atoms with Crippen LogP contribution in [0.3, 0.4) is 0 Å². The lowest BCUT2D eigenvalue weighted by Crippen LogP contribution is -2.49. The molecule has 0 aliphatic carbocycles. The Hall–Kier alpha value is -1.43. The lowest BCUT2D eigenvalue weighted by atomic mass is 9.98. The number of carbonyl (C=O) groups excluding carboxylic acids is 1. The third-order valence-electron chi connectivity index (χ3n) is 4.33. The summed E-state index contributed by atoms with van der Waals surface area (Å²) in [4.78, 5) is 14.7. The molecule has 2 rings (SSSR count). The maximum Gasteiger partial charge on any atom is 0.244 e. The highest BCUT2D eigenvalue weighted by molar-refractivity contribution is 5.97. The van der Waals surface area contributed by atoms with E-state index in [-0.39, 0.29) is 5.91 Å². The first-order valence-electron chi connectivity index (χ1n) is 7.82. The van der Waals surface area contributed by atoms with Crippen LogP contribution in [0, 0.1) is 0 Å². The van der Waals surface area contributed by atoms with E-state index >= 15 is 0 Å². The van der Waals surface area contributed by atoms with Gasteiger partial charge >= 0.3 is 0 Å². The molecule has 1 heterocycles. The Morgan fingerprint density at radius 3 is 2.73 bits per heavy atom. The minimum Gasteiger partial charge on any atom is -0.385 e. The van der Waals surface area contributed by atoms with Crippen LogP contribution in [0.5, 0.6) is 0 Å². The fourth-order valence-electron chi connectivity index (χ4n) is 2.62. The smallest absolute Gasteiger partial charge is 0.244 e. The van der Waals surface area contributed by atoms with Crippen LogP contribution in [0.25, 0.3) is 0 Å². The van der Waals surface area contributed by atoms with E-state index in [1.807, 2.05) is 6.07 Å². The Kier molecular flexibility index (Phi) is 5.56. The Morgan fingerprint density at radius 1 is 1.36 bits per heavy atom. The highest BCUT2D eigenvalue weighted by Gasteiger charge is 2.28. The number of rotatable bonds is 5. The SMILES string of the molecule is COCCC(C)(N)C(=O)Nc1ccc2c(c1)CCN(C)CC2. The van der Waals surface area contributed by atoms with Crippen molar-refractivity contribution in [2.45, 2.75) is 31.7 Å². The van der Waals surface area contributed by atoms with Crippen molar-refractivity contribution in [1.29, 1.82) is 0 Å². The van der Waals surface area contributed by atoms with Crippen molar-refractivity contribution in [2.24, 2.45) is 5.73 Å². The quantitative estimate of drug-likeness (QED) is 0.863. The van der Waals surface area contributed by atoms with Gasteiger partial charge < -0.3 is 20.7 Å². The van der Waals surface area contributed by atoms with Crippen LogP contribution in [0.4, 0.5) is 5.69 Å². The average molecular weight is 305 g/mol. The average Bonchev–Trinajstić information content (AvgIpc) is 2.67. The molecule has 122 valence electrons. The van der Waals surface area contributed by atoms with Crippen LogP contribution in [0.2, 0.25) is 0 Å². The van der Waals surface area contributed by atoms with Gasteiger partial charge in [-0.25, -0.2) is 0 Å². The van der Waals surface area contributed by atoms with Crippen LogP contribution in [-0.4, -0.2) is 50.2 Å². The monoisotopic (exact) mass is 305 g/mol. The standard InChI is InChI=1S/C17H27N3O2/c1-17(18,8-11-22-3)16(21)19-15-5-4-13-6-9-20(2)10-7-14(13)12-15/h4-5,12H,6-11,18H2,1-3H3,(H,19,21). The van der Waals surface area contributed by atoms with Crippen LogP contribution in [0.15, 0.2) is 18.2 Å². The van der Waals surface area contributed by atoms with Gasteiger partial charge in [0.05, 0.1) is 5.54 Å². The lowest BCUT2D eigenvalue weighted by molar-refractivity contribution is -0.121. The van der Waals surface area contributed by atoms with E-state index in [0.717, 1.165) is 31.6 Å². The number of benzene rings is 1. The number of nitrogens with zero attached hydrogens (tertiary/aromatic N) is 1. The van der Waals surface area contributed by atoms with Gasteiger partial charge in [0, 0.05) is 32.5 Å². The lowest BCUT2D eigenvalue weighted by Gasteiger charge is -2.23. The fourth-order valence-corrected chi connectivity index (χ4v) is 2.62. The maximum absolute atomic E-state index is 12.3. The molecule has 5 nitrogen and oxygen atoms in total. The van der Waals surface area contributed by atoms with E-state index < -0.39 is 5.54 Å². The predicted molar refractivity (Wildman–Crippen MR) is 89.1 cm³/mol. The molecule has 0 saturated carbocycles. The molecule has 1 aromatic rings. The van der Waals surface area contributed by atoms with Gasteiger partial charge in [-0.05, 0) is 56.5 Å². The van der Waals surface area contributed by atoms with Gasteiger partial charge in [0.1, 0.15) is 0 Å². The van der Waals surface area contributed by atoms with Crippen molar-refractivity contribution in [2.75, 3.05) is 39.2 Å². The van der Waals surface area contributed by atoms with E-state index in [9.17, 15) is 4.79 Å². The number of likely N-dealkylation sites (N-methyl/N-ethyl adjacent to an activating group) is 1. The molecule has 0 radical (unpaired) electrons. The topological polar surface area (TPSA) is 67.6 Å². The van der Waals surface area contributed by atoms with E-state index in [0.29, 0.717) is 13.0 Å². The zero-order chi connectivity index (χ0) is 16.2. The second-order valence-corrected chi connectivity index (χ2v) is 6.40. The van der Waals surface area contributed by atoms with Crippen LogP contribution >= 0.6 is 0 Å². The Morgan fingerprint density at radius 2 is 2.05 bits per heavy atom. The van der Waals surface area contributed by atoms with Gasteiger partial charge in [-0.1, -0.05) is 6.07 Å². The van der Waals surface area contributed by atoms with Crippen molar-refractivity contribution < 1.29 is 9.53 Å². The number of ether oxygens (including phenoxy) is 1. The number of nitrogens with one attached hydrogen (secondary N) is 1. The normalized spacial score (nSPS) is 18.2. The van der Waals surface area contributed by atoms with Crippen molar-refractivity contribution in [1.82, 2.24) is 4.90 Å². The summed E-state index contributed by atoms with van der Waals surface area (Å²) < 4.78 is 5.01. The molecule has 0 saturated heterocycles. The molecule has 1 aliphatic heterocycles. The van der Waals surface area contributed by atoms with E-state index in [1.165, 1.54) is 11.1 Å². The number of anilines is 1. The van der Waals surface area contributed by atoms with Crippen molar-refractivity contribution in [3.05, 3.63) is 29.3 Å². The van der Waals surface area contributed by atoms with Gasteiger partial charge in [0.2, 0.25) is 5.91 Å². The highest BCUT2D eigenvalue weighted by Crippen LogP contribution is 2.21. The fraction of sp³-hybridized carbons (Fsp3) is 0.588. The van der Waals surface area contributed by atoms with Crippen LogP contribution < -0.4 is 11.1 Å². The van der Waals surface area contributed by atoms with E-state index in [1.54, 1.807) is 14.0 Å². The summed E-state index contributed by atoms with van der Waals surface area (Å²) in [7, 11) is 3.75. The molecule has 0 spiro atoms. The van der Waals surface area contributed by atoms with E-state index in [2.05, 4.69) is 29.4 Å². The van der Waals surface area contributed by atoms with Crippen molar-refractivity contribution >= 4 is 11.6 Å². The van der Waals surface area contributed by atoms with Crippen molar-refractivity contribution in [3.63, 3.8) is 0 Å². The first-order chi connectivity index (χ1) is 10.4. The summed E-state index contributed by atoms with van der Waals surface area (Å²) in [5, 5.41) is 2.94.